The van der Waals surface area contributed by atoms with E-state index in [4.69, 9.17) is 4.42 Å². The van der Waals surface area contributed by atoms with E-state index in [0.29, 0.717) is 39.0 Å². The number of likely N-dealkylation sites (tertiary alicyclic amines) is 2. The molecule has 0 spiro atoms. The molecule has 0 radical (unpaired) electrons. The van der Waals surface area contributed by atoms with E-state index in [1.54, 1.807) is 6.26 Å². The van der Waals surface area contributed by atoms with Crippen molar-refractivity contribution < 1.29 is 14.0 Å². The van der Waals surface area contributed by atoms with Crippen molar-refractivity contribution in [1.82, 2.24) is 20.4 Å². The zero-order valence-corrected chi connectivity index (χ0v) is 18.0. The number of urea groups is 1. The summed E-state index contributed by atoms with van der Waals surface area (Å²) in [7, 11) is 0. The van der Waals surface area contributed by atoms with Crippen LogP contribution in [-0.2, 0) is 24.4 Å². The summed E-state index contributed by atoms with van der Waals surface area (Å²) in [6, 6.07) is 12.0. The molecule has 7 nitrogen and oxygen atoms in total. The molecule has 2 fully saturated rings. The lowest BCUT2D eigenvalue weighted by Gasteiger charge is -2.31. The van der Waals surface area contributed by atoms with Gasteiger partial charge in [-0.25, -0.2) is 4.79 Å². The normalized spacial score (nSPS) is 17.6. The first-order valence-electron chi connectivity index (χ1n) is 11.3. The SMILES string of the molecule is O=C(NCc1ccco1)C1CCN(C(=O)NCc2ccccc2CN2CCCC2)CC1. The first-order valence-corrected chi connectivity index (χ1v) is 11.3. The van der Waals surface area contributed by atoms with Crippen LogP contribution in [-0.4, -0.2) is 47.9 Å². The van der Waals surface area contributed by atoms with Crippen LogP contribution in [0.4, 0.5) is 4.79 Å². The van der Waals surface area contributed by atoms with Crippen LogP contribution in [0.2, 0.25) is 0 Å². The molecule has 0 unspecified atom stereocenters. The number of piperidine rings is 1. The van der Waals surface area contributed by atoms with Gasteiger partial charge in [0, 0.05) is 32.1 Å². The van der Waals surface area contributed by atoms with Crippen molar-refractivity contribution >= 4 is 11.9 Å². The standard InChI is InChI=1S/C24H32N4O3/c29-23(25-17-22-8-5-15-31-22)19-9-13-28(14-10-19)24(30)26-16-20-6-1-2-7-21(20)18-27-11-3-4-12-27/h1-2,5-8,15,19H,3-4,9-14,16-18H2,(H,25,29)(H,26,30). The molecule has 2 aliphatic rings. The van der Waals surface area contributed by atoms with Crippen LogP contribution >= 0.6 is 0 Å². The smallest absolute Gasteiger partial charge is 0.317 e. The number of rotatable bonds is 7. The van der Waals surface area contributed by atoms with Gasteiger partial charge >= 0.3 is 6.03 Å². The van der Waals surface area contributed by atoms with Gasteiger partial charge in [0.15, 0.2) is 0 Å². The van der Waals surface area contributed by atoms with E-state index < -0.39 is 0 Å². The van der Waals surface area contributed by atoms with Gasteiger partial charge in [-0.3, -0.25) is 9.69 Å². The van der Waals surface area contributed by atoms with E-state index in [1.165, 1.54) is 24.0 Å². The average Bonchev–Trinajstić information content (AvgIpc) is 3.51. The second-order valence-electron chi connectivity index (χ2n) is 8.47. The fraction of sp³-hybridized carbons (Fsp3) is 0.500. The zero-order chi connectivity index (χ0) is 21.5. The summed E-state index contributed by atoms with van der Waals surface area (Å²) in [5.41, 5.74) is 2.46. The number of benzene rings is 1. The topological polar surface area (TPSA) is 77.8 Å². The minimum absolute atomic E-state index is 0.0345. The number of hydrogen-bond acceptors (Lipinski definition) is 4. The van der Waals surface area contributed by atoms with Crippen LogP contribution in [0.3, 0.4) is 0 Å². The first-order chi connectivity index (χ1) is 15.2. The second-order valence-corrected chi connectivity index (χ2v) is 8.47. The number of nitrogens with one attached hydrogen (secondary N) is 2. The predicted octanol–water partition coefficient (Wildman–Crippen LogP) is 3.11. The van der Waals surface area contributed by atoms with E-state index in [2.05, 4.69) is 33.7 Å². The highest BCUT2D eigenvalue weighted by atomic mass is 16.3. The maximum atomic E-state index is 12.7. The van der Waals surface area contributed by atoms with E-state index in [9.17, 15) is 9.59 Å². The van der Waals surface area contributed by atoms with Gasteiger partial charge in [0.2, 0.25) is 5.91 Å². The first kappa shape index (κ1) is 21.4. The monoisotopic (exact) mass is 424 g/mol. The van der Waals surface area contributed by atoms with E-state index in [0.717, 1.165) is 25.4 Å². The van der Waals surface area contributed by atoms with Gasteiger partial charge in [-0.05, 0) is 62.0 Å². The Hall–Kier alpha value is -2.80. The van der Waals surface area contributed by atoms with Crippen LogP contribution in [0.25, 0.3) is 0 Å². The molecule has 7 heteroatoms. The molecule has 1 aromatic heterocycles. The lowest BCUT2D eigenvalue weighted by molar-refractivity contribution is -0.126. The number of amides is 3. The molecular formula is C24H32N4O3. The van der Waals surface area contributed by atoms with Crippen molar-refractivity contribution in [2.75, 3.05) is 26.2 Å². The Bertz CT molecular complexity index is 853. The summed E-state index contributed by atoms with van der Waals surface area (Å²) in [4.78, 5) is 29.4. The third-order valence-corrected chi connectivity index (χ3v) is 6.31. The molecule has 166 valence electrons. The van der Waals surface area contributed by atoms with Crippen molar-refractivity contribution in [3.05, 3.63) is 59.5 Å². The van der Waals surface area contributed by atoms with Crippen molar-refractivity contribution in [2.24, 2.45) is 5.92 Å². The van der Waals surface area contributed by atoms with Crippen molar-refractivity contribution in [3.8, 4) is 0 Å². The van der Waals surface area contributed by atoms with Crippen LogP contribution in [0, 0.1) is 5.92 Å². The Morgan fingerprint density at radius 1 is 0.903 bits per heavy atom. The Balaban J connectivity index is 1.21. The molecule has 0 aliphatic carbocycles. The summed E-state index contributed by atoms with van der Waals surface area (Å²) in [6.45, 7) is 5.40. The molecule has 2 saturated heterocycles. The van der Waals surface area contributed by atoms with Gasteiger partial charge in [-0.2, -0.15) is 0 Å². The van der Waals surface area contributed by atoms with Gasteiger partial charge in [0.05, 0.1) is 12.8 Å². The molecule has 0 bridgehead atoms. The van der Waals surface area contributed by atoms with Gasteiger partial charge in [0.25, 0.3) is 0 Å². The lowest BCUT2D eigenvalue weighted by Crippen LogP contribution is -2.46. The quantitative estimate of drug-likeness (QED) is 0.716. The number of carbonyl (C=O) groups is 2. The molecule has 0 atom stereocenters. The Morgan fingerprint density at radius 3 is 2.35 bits per heavy atom. The predicted molar refractivity (Wildman–Crippen MR) is 118 cm³/mol. The minimum atomic E-state index is -0.0554. The number of nitrogens with zero attached hydrogens (tertiary/aromatic N) is 2. The summed E-state index contributed by atoms with van der Waals surface area (Å²) in [5, 5.41) is 6.00. The molecule has 31 heavy (non-hydrogen) atoms. The molecule has 3 heterocycles. The van der Waals surface area contributed by atoms with Gasteiger partial charge in [-0.15, -0.1) is 0 Å². The Morgan fingerprint density at radius 2 is 1.65 bits per heavy atom. The minimum Gasteiger partial charge on any atom is -0.467 e. The van der Waals surface area contributed by atoms with Crippen LogP contribution < -0.4 is 10.6 Å². The molecule has 3 amide bonds. The third kappa shape index (κ3) is 5.88. The van der Waals surface area contributed by atoms with E-state index in [1.807, 2.05) is 23.1 Å². The maximum Gasteiger partial charge on any atom is 0.317 e. The molecule has 1 aromatic carbocycles. The largest absolute Gasteiger partial charge is 0.467 e. The summed E-state index contributed by atoms with van der Waals surface area (Å²) in [5.74, 6) is 0.725. The third-order valence-electron chi connectivity index (χ3n) is 6.31. The fourth-order valence-electron chi connectivity index (χ4n) is 4.42. The fourth-order valence-corrected chi connectivity index (χ4v) is 4.42. The summed E-state index contributed by atoms with van der Waals surface area (Å²) >= 11 is 0. The highest BCUT2D eigenvalue weighted by Crippen LogP contribution is 2.19. The molecule has 2 aromatic rings. The Labute approximate surface area is 183 Å². The van der Waals surface area contributed by atoms with Crippen LogP contribution in [0.1, 0.15) is 42.6 Å². The lowest BCUT2D eigenvalue weighted by atomic mass is 9.96. The number of hydrogen-bond donors (Lipinski definition) is 2. The average molecular weight is 425 g/mol. The second kappa shape index (κ2) is 10.5. The summed E-state index contributed by atoms with van der Waals surface area (Å²) < 4.78 is 5.25. The number of carbonyl (C=O) groups excluding carboxylic acids is 2. The van der Waals surface area contributed by atoms with E-state index in [-0.39, 0.29) is 17.9 Å². The van der Waals surface area contributed by atoms with Crippen LogP contribution in [0.15, 0.2) is 47.1 Å². The van der Waals surface area contributed by atoms with Crippen molar-refractivity contribution in [2.45, 2.75) is 45.3 Å². The van der Waals surface area contributed by atoms with Gasteiger partial charge in [0.1, 0.15) is 5.76 Å². The highest BCUT2D eigenvalue weighted by molar-refractivity contribution is 5.79. The molecular weight excluding hydrogens is 392 g/mol. The van der Waals surface area contributed by atoms with Crippen LogP contribution in [0.5, 0.6) is 0 Å². The number of furan rings is 1. The van der Waals surface area contributed by atoms with Crippen molar-refractivity contribution in [1.29, 1.82) is 0 Å². The van der Waals surface area contributed by atoms with Gasteiger partial charge in [-0.1, -0.05) is 24.3 Å². The molecule has 0 saturated carbocycles. The Kier molecular flexibility index (Phi) is 7.25. The molecule has 2 aliphatic heterocycles. The van der Waals surface area contributed by atoms with E-state index >= 15 is 0 Å². The maximum absolute atomic E-state index is 12.7. The zero-order valence-electron chi connectivity index (χ0n) is 18.0. The molecule has 4 rings (SSSR count). The molecule has 2 N–H and O–H groups in total. The van der Waals surface area contributed by atoms with Gasteiger partial charge < -0.3 is 20.0 Å². The summed E-state index contributed by atoms with van der Waals surface area (Å²) in [6.07, 6.45) is 5.51. The van der Waals surface area contributed by atoms with Crippen molar-refractivity contribution in [3.63, 3.8) is 0 Å². The highest BCUT2D eigenvalue weighted by Gasteiger charge is 2.27.